The third-order valence-corrected chi connectivity index (χ3v) is 3.27. The minimum absolute atomic E-state index is 0.559. The molecule has 0 heterocycles. The molecule has 92 valence electrons. The minimum atomic E-state index is 0.559. The van der Waals surface area contributed by atoms with E-state index in [0.29, 0.717) is 6.04 Å². The number of rotatable bonds is 8. The summed E-state index contributed by atoms with van der Waals surface area (Å²) >= 11 is 0. The van der Waals surface area contributed by atoms with E-state index in [0.717, 1.165) is 18.4 Å². The van der Waals surface area contributed by atoms with Crippen molar-refractivity contribution < 1.29 is 0 Å². The van der Waals surface area contributed by atoms with Crippen LogP contribution in [-0.4, -0.2) is 31.1 Å². The summed E-state index contributed by atoms with van der Waals surface area (Å²) in [6.45, 7) is 11.1. The second-order valence-electron chi connectivity index (χ2n) is 5.23. The molecular weight excluding hydrogens is 184 g/mol. The van der Waals surface area contributed by atoms with Crippen molar-refractivity contribution in [3.05, 3.63) is 0 Å². The minimum Gasteiger partial charge on any atom is -0.329 e. The van der Waals surface area contributed by atoms with Gasteiger partial charge in [0.2, 0.25) is 0 Å². The second kappa shape index (κ2) is 8.12. The Hall–Kier alpha value is -0.0800. The van der Waals surface area contributed by atoms with Crippen LogP contribution in [-0.2, 0) is 0 Å². The van der Waals surface area contributed by atoms with Gasteiger partial charge in [0.15, 0.2) is 0 Å². The zero-order valence-corrected chi connectivity index (χ0v) is 11.3. The summed E-state index contributed by atoms with van der Waals surface area (Å²) in [6, 6.07) is 0.559. The smallest absolute Gasteiger partial charge is 0.0240 e. The van der Waals surface area contributed by atoms with Crippen LogP contribution < -0.4 is 5.73 Å². The van der Waals surface area contributed by atoms with Crippen LogP contribution in [0, 0.1) is 11.8 Å². The molecule has 2 heteroatoms. The Kier molecular flexibility index (Phi) is 8.07. The molecule has 0 saturated heterocycles. The molecule has 0 amide bonds. The first-order valence-electron chi connectivity index (χ1n) is 6.43. The maximum Gasteiger partial charge on any atom is 0.0240 e. The van der Waals surface area contributed by atoms with Gasteiger partial charge >= 0.3 is 0 Å². The summed E-state index contributed by atoms with van der Waals surface area (Å²) in [5.74, 6) is 1.50. The molecule has 0 radical (unpaired) electrons. The van der Waals surface area contributed by atoms with Gasteiger partial charge in [0, 0.05) is 12.6 Å². The van der Waals surface area contributed by atoms with Crippen molar-refractivity contribution in [1.82, 2.24) is 4.90 Å². The summed E-state index contributed by atoms with van der Waals surface area (Å²) in [4.78, 5) is 2.44. The summed E-state index contributed by atoms with van der Waals surface area (Å²) < 4.78 is 0. The van der Waals surface area contributed by atoms with E-state index >= 15 is 0 Å². The lowest BCUT2D eigenvalue weighted by Gasteiger charge is -2.32. The highest BCUT2D eigenvalue weighted by atomic mass is 15.1. The van der Waals surface area contributed by atoms with Crippen molar-refractivity contribution in [2.24, 2.45) is 17.6 Å². The Morgan fingerprint density at radius 1 is 1.13 bits per heavy atom. The number of likely N-dealkylation sites (N-methyl/N-ethyl adjacent to an activating group) is 1. The van der Waals surface area contributed by atoms with E-state index in [9.17, 15) is 0 Å². The van der Waals surface area contributed by atoms with Gasteiger partial charge in [-0.1, -0.05) is 34.1 Å². The molecule has 2 nitrogen and oxygen atoms in total. The van der Waals surface area contributed by atoms with Gasteiger partial charge in [0.05, 0.1) is 0 Å². The van der Waals surface area contributed by atoms with E-state index in [2.05, 4.69) is 39.6 Å². The van der Waals surface area contributed by atoms with Crippen molar-refractivity contribution in [3.8, 4) is 0 Å². The summed E-state index contributed by atoms with van der Waals surface area (Å²) in [5, 5.41) is 0. The molecule has 0 bridgehead atoms. The lowest BCUT2D eigenvalue weighted by molar-refractivity contribution is 0.174. The lowest BCUT2D eigenvalue weighted by Crippen LogP contribution is -2.43. The first kappa shape index (κ1) is 14.9. The van der Waals surface area contributed by atoms with Gasteiger partial charge in [-0.25, -0.2) is 0 Å². The Morgan fingerprint density at radius 2 is 1.73 bits per heavy atom. The Bertz CT molecular complexity index is 145. The normalized spacial score (nSPS) is 16.0. The number of nitrogens with two attached hydrogens (primary N) is 1. The molecule has 2 unspecified atom stereocenters. The van der Waals surface area contributed by atoms with Crippen molar-refractivity contribution in [1.29, 1.82) is 0 Å². The lowest BCUT2D eigenvalue weighted by atomic mass is 9.95. The highest BCUT2D eigenvalue weighted by molar-refractivity contribution is 4.75. The fourth-order valence-corrected chi connectivity index (χ4v) is 2.12. The van der Waals surface area contributed by atoms with Crippen LogP contribution in [0.25, 0.3) is 0 Å². The van der Waals surface area contributed by atoms with E-state index in [-0.39, 0.29) is 0 Å². The number of hydrogen-bond acceptors (Lipinski definition) is 2. The van der Waals surface area contributed by atoms with Gasteiger partial charge in [-0.2, -0.15) is 0 Å². The Labute approximate surface area is 96.2 Å². The predicted octanol–water partition coefficient (Wildman–Crippen LogP) is 2.73. The molecule has 0 fully saturated rings. The number of hydrogen-bond donors (Lipinski definition) is 1. The molecule has 0 aromatic carbocycles. The molecular formula is C13H30N2. The zero-order chi connectivity index (χ0) is 11.8. The highest BCUT2D eigenvalue weighted by Crippen LogP contribution is 2.15. The molecule has 2 atom stereocenters. The SMILES string of the molecule is CCCC(C)C(CN)N(C)CCC(C)C. The maximum atomic E-state index is 5.87. The van der Waals surface area contributed by atoms with Gasteiger partial charge in [0.1, 0.15) is 0 Å². The Morgan fingerprint density at radius 3 is 2.13 bits per heavy atom. The standard InChI is InChI=1S/C13H30N2/c1-6-7-12(4)13(10-14)15(5)9-8-11(2)3/h11-13H,6-10,14H2,1-5H3. The van der Waals surface area contributed by atoms with E-state index in [4.69, 9.17) is 5.73 Å². The Balaban J connectivity index is 4.02. The molecule has 0 spiro atoms. The molecule has 0 rings (SSSR count). The van der Waals surface area contributed by atoms with E-state index in [1.807, 2.05) is 0 Å². The van der Waals surface area contributed by atoms with Crippen molar-refractivity contribution in [2.45, 2.75) is 53.0 Å². The fraction of sp³-hybridized carbons (Fsp3) is 1.00. The van der Waals surface area contributed by atoms with Crippen LogP contribution in [0.5, 0.6) is 0 Å². The quantitative estimate of drug-likeness (QED) is 0.673. The van der Waals surface area contributed by atoms with Crippen LogP contribution in [0.4, 0.5) is 0 Å². The van der Waals surface area contributed by atoms with Gasteiger partial charge in [-0.15, -0.1) is 0 Å². The second-order valence-corrected chi connectivity index (χ2v) is 5.23. The predicted molar refractivity (Wildman–Crippen MR) is 69.0 cm³/mol. The first-order chi connectivity index (χ1) is 7.02. The van der Waals surface area contributed by atoms with Crippen molar-refractivity contribution in [2.75, 3.05) is 20.1 Å². The average molecular weight is 214 g/mol. The molecule has 0 aliphatic rings. The zero-order valence-electron chi connectivity index (χ0n) is 11.3. The van der Waals surface area contributed by atoms with Crippen LogP contribution in [0.2, 0.25) is 0 Å². The summed E-state index contributed by atoms with van der Waals surface area (Å²) in [6.07, 6.45) is 3.81. The molecule has 0 saturated carbocycles. The van der Waals surface area contributed by atoms with Crippen LogP contribution in [0.3, 0.4) is 0 Å². The van der Waals surface area contributed by atoms with E-state index < -0.39 is 0 Å². The molecule has 15 heavy (non-hydrogen) atoms. The van der Waals surface area contributed by atoms with E-state index in [1.54, 1.807) is 0 Å². The number of nitrogens with zero attached hydrogens (tertiary/aromatic N) is 1. The van der Waals surface area contributed by atoms with Crippen LogP contribution in [0.1, 0.15) is 47.0 Å². The van der Waals surface area contributed by atoms with Crippen molar-refractivity contribution in [3.63, 3.8) is 0 Å². The summed E-state index contributed by atoms with van der Waals surface area (Å²) in [5.41, 5.74) is 5.87. The molecule has 0 aliphatic carbocycles. The van der Waals surface area contributed by atoms with Crippen molar-refractivity contribution >= 4 is 0 Å². The average Bonchev–Trinajstić information content (AvgIpc) is 2.16. The summed E-state index contributed by atoms with van der Waals surface area (Å²) in [7, 11) is 2.21. The highest BCUT2D eigenvalue weighted by Gasteiger charge is 2.19. The molecule has 0 aliphatic heterocycles. The van der Waals surface area contributed by atoms with Crippen LogP contribution in [0.15, 0.2) is 0 Å². The fourth-order valence-electron chi connectivity index (χ4n) is 2.12. The van der Waals surface area contributed by atoms with E-state index in [1.165, 1.54) is 25.8 Å². The van der Waals surface area contributed by atoms with Gasteiger partial charge in [0.25, 0.3) is 0 Å². The maximum absolute atomic E-state index is 5.87. The third kappa shape index (κ3) is 6.16. The monoisotopic (exact) mass is 214 g/mol. The van der Waals surface area contributed by atoms with Gasteiger partial charge < -0.3 is 10.6 Å². The first-order valence-corrected chi connectivity index (χ1v) is 6.43. The topological polar surface area (TPSA) is 29.3 Å². The van der Waals surface area contributed by atoms with Gasteiger partial charge in [-0.3, -0.25) is 0 Å². The third-order valence-electron chi connectivity index (χ3n) is 3.27. The van der Waals surface area contributed by atoms with Crippen LogP contribution >= 0.6 is 0 Å². The van der Waals surface area contributed by atoms with Gasteiger partial charge in [-0.05, 0) is 38.3 Å². The molecule has 0 aromatic heterocycles. The molecule has 2 N–H and O–H groups in total. The molecule has 0 aromatic rings. The largest absolute Gasteiger partial charge is 0.329 e.